The van der Waals surface area contributed by atoms with Gasteiger partial charge in [0.25, 0.3) is 0 Å². The minimum absolute atomic E-state index is 0.138. The molecule has 0 fully saturated rings. The van der Waals surface area contributed by atoms with Crippen molar-refractivity contribution in [2.45, 2.75) is 45.5 Å². The van der Waals surface area contributed by atoms with Gasteiger partial charge in [-0.1, -0.05) is 39.0 Å². The fourth-order valence-corrected chi connectivity index (χ4v) is 2.99. The first-order valence-corrected chi connectivity index (χ1v) is 10.7. The van der Waals surface area contributed by atoms with Gasteiger partial charge >= 0.3 is 0 Å². The molecule has 0 radical (unpaired) electrons. The van der Waals surface area contributed by atoms with E-state index in [0.717, 1.165) is 17.7 Å². The summed E-state index contributed by atoms with van der Waals surface area (Å²) in [6.07, 6.45) is 0. The van der Waals surface area contributed by atoms with Gasteiger partial charge in [-0.25, -0.2) is 8.78 Å². The van der Waals surface area contributed by atoms with Crippen LogP contribution in [0, 0.1) is 11.6 Å². The Labute approximate surface area is 138 Å². The van der Waals surface area contributed by atoms with Gasteiger partial charge in [0.05, 0.1) is 6.61 Å². The number of hydrogen-bond acceptors (Lipinski definition) is 1. The van der Waals surface area contributed by atoms with E-state index in [0.29, 0.717) is 12.2 Å². The Morgan fingerprint density at radius 2 is 1.70 bits per heavy atom. The maximum absolute atomic E-state index is 13.9. The van der Waals surface area contributed by atoms with Crippen molar-refractivity contribution in [1.82, 2.24) is 0 Å². The maximum Gasteiger partial charge on any atom is 0.192 e. The zero-order valence-electron chi connectivity index (χ0n) is 14.4. The summed E-state index contributed by atoms with van der Waals surface area (Å²) in [6.45, 7) is 11.5. The molecule has 0 N–H and O–H groups in total. The van der Waals surface area contributed by atoms with Crippen LogP contribution in [-0.2, 0) is 11.0 Å². The van der Waals surface area contributed by atoms with Crippen molar-refractivity contribution in [1.29, 1.82) is 0 Å². The molecule has 0 aliphatic rings. The van der Waals surface area contributed by atoms with Crippen molar-refractivity contribution in [3.8, 4) is 11.1 Å². The molecule has 4 heteroatoms. The molecule has 0 saturated carbocycles. The van der Waals surface area contributed by atoms with Gasteiger partial charge in [0.1, 0.15) is 11.6 Å². The predicted octanol–water partition coefficient (Wildman–Crippen LogP) is 6.15. The van der Waals surface area contributed by atoms with Crippen LogP contribution in [0.4, 0.5) is 8.78 Å². The Balaban J connectivity index is 2.23. The molecule has 2 rings (SSSR count). The normalized spacial score (nSPS) is 12.5. The van der Waals surface area contributed by atoms with E-state index in [1.807, 2.05) is 18.2 Å². The van der Waals surface area contributed by atoms with Crippen LogP contribution in [0.3, 0.4) is 0 Å². The molecule has 0 spiro atoms. The lowest BCUT2D eigenvalue weighted by Crippen LogP contribution is -2.40. The minimum atomic E-state index is -1.84. The second-order valence-electron chi connectivity index (χ2n) is 7.37. The van der Waals surface area contributed by atoms with Crippen LogP contribution in [0.25, 0.3) is 11.1 Å². The second kappa shape index (κ2) is 6.54. The summed E-state index contributed by atoms with van der Waals surface area (Å²) in [6, 6.07) is 11.0. The second-order valence-corrected chi connectivity index (χ2v) is 12.2. The van der Waals surface area contributed by atoms with Crippen molar-refractivity contribution < 1.29 is 13.2 Å². The fraction of sp³-hybridized carbons (Fsp3) is 0.368. The van der Waals surface area contributed by atoms with Crippen LogP contribution in [0.5, 0.6) is 0 Å². The van der Waals surface area contributed by atoms with Crippen molar-refractivity contribution in [2.75, 3.05) is 0 Å². The van der Waals surface area contributed by atoms with Crippen molar-refractivity contribution in [3.63, 3.8) is 0 Å². The molecule has 1 nitrogen and oxygen atoms in total. The molecular weight excluding hydrogens is 310 g/mol. The molecule has 124 valence electrons. The zero-order chi connectivity index (χ0) is 17.3. The monoisotopic (exact) mass is 334 g/mol. The first kappa shape index (κ1) is 17.8. The molecule has 0 saturated heterocycles. The topological polar surface area (TPSA) is 9.23 Å². The molecule has 23 heavy (non-hydrogen) atoms. The molecule has 0 unspecified atom stereocenters. The highest BCUT2D eigenvalue weighted by Gasteiger charge is 2.36. The summed E-state index contributed by atoms with van der Waals surface area (Å²) in [5, 5.41) is 0.138. The fourth-order valence-electron chi connectivity index (χ4n) is 2.03. The number of hydrogen-bond donors (Lipinski definition) is 0. The Kier molecular flexibility index (Phi) is 5.06. The standard InChI is InChI=1S/C19H24F2OSi/c1-19(2,3)23(4,5)22-13-14-7-6-8-15(11-14)17-12-16(20)9-10-18(17)21/h6-12H,13H2,1-5H3. The summed E-state index contributed by atoms with van der Waals surface area (Å²) in [7, 11) is -1.84. The average Bonchev–Trinajstić information content (AvgIpc) is 2.47. The third-order valence-electron chi connectivity index (χ3n) is 4.57. The van der Waals surface area contributed by atoms with E-state index in [1.54, 1.807) is 6.07 Å². The van der Waals surface area contributed by atoms with Crippen molar-refractivity contribution in [3.05, 3.63) is 59.7 Å². The highest BCUT2D eigenvalue weighted by Crippen LogP contribution is 2.37. The largest absolute Gasteiger partial charge is 0.413 e. The van der Waals surface area contributed by atoms with Crippen LogP contribution in [-0.4, -0.2) is 8.32 Å². The Bertz CT molecular complexity index is 690. The lowest BCUT2D eigenvalue weighted by atomic mass is 10.0. The molecule has 2 aromatic carbocycles. The molecule has 2 aromatic rings. The first-order chi connectivity index (χ1) is 10.6. The molecule has 0 amide bonds. The van der Waals surface area contributed by atoms with Gasteiger partial charge in [0, 0.05) is 5.56 Å². The molecular formula is C19H24F2OSi. The SMILES string of the molecule is CC(C)(C)[Si](C)(C)OCc1cccc(-c2cc(F)ccc2F)c1. The van der Waals surface area contributed by atoms with E-state index in [9.17, 15) is 8.78 Å². The third-order valence-corrected chi connectivity index (χ3v) is 9.05. The quantitative estimate of drug-likeness (QED) is 0.609. The summed E-state index contributed by atoms with van der Waals surface area (Å²) in [4.78, 5) is 0. The summed E-state index contributed by atoms with van der Waals surface area (Å²) in [5.74, 6) is -0.863. The zero-order valence-corrected chi connectivity index (χ0v) is 15.4. The Morgan fingerprint density at radius 3 is 2.35 bits per heavy atom. The molecule has 0 atom stereocenters. The summed E-state index contributed by atoms with van der Waals surface area (Å²) >= 11 is 0. The lowest BCUT2D eigenvalue weighted by Gasteiger charge is -2.36. The van der Waals surface area contributed by atoms with Gasteiger partial charge < -0.3 is 4.43 Å². The first-order valence-electron chi connectivity index (χ1n) is 7.78. The Morgan fingerprint density at radius 1 is 1.00 bits per heavy atom. The van der Waals surface area contributed by atoms with Gasteiger partial charge in [-0.05, 0) is 53.5 Å². The number of halogens is 2. The lowest BCUT2D eigenvalue weighted by molar-refractivity contribution is 0.276. The van der Waals surface area contributed by atoms with Crippen molar-refractivity contribution >= 4 is 8.32 Å². The maximum atomic E-state index is 13.9. The van der Waals surface area contributed by atoms with Crippen LogP contribution in [0.15, 0.2) is 42.5 Å². The van der Waals surface area contributed by atoms with E-state index in [-0.39, 0.29) is 10.6 Å². The van der Waals surface area contributed by atoms with E-state index >= 15 is 0 Å². The smallest absolute Gasteiger partial charge is 0.192 e. The van der Waals surface area contributed by atoms with Crippen molar-refractivity contribution in [2.24, 2.45) is 0 Å². The third kappa shape index (κ3) is 4.27. The van der Waals surface area contributed by atoms with E-state index in [4.69, 9.17) is 4.43 Å². The van der Waals surface area contributed by atoms with Gasteiger partial charge in [0.15, 0.2) is 8.32 Å². The molecule has 0 bridgehead atoms. The highest BCUT2D eigenvalue weighted by molar-refractivity contribution is 6.74. The van der Waals surface area contributed by atoms with Crippen LogP contribution in [0.1, 0.15) is 26.3 Å². The van der Waals surface area contributed by atoms with Gasteiger partial charge in [-0.2, -0.15) is 0 Å². The summed E-state index contributed by atoms with van der Waals surface area (Å²) < 4.78 is 33.5. The molecule has 0 heterocycles. The minimum Gasteiger partial charge on any atom is -0.413 e. The van der Waals surface area contributed by atoms with E-state index in [2.05, 4.69) is 33.9 Å². The van der Waals surface area contributed by atoms with E-state index < -0.39 is 20.0 Å². The highest BCUT2D eigenvalue weighted by atomic mass is 28.4. The van der Waals surface area contributed by atoms with Gasteiger partial charge in [0.2, 0.25) is 0 Å². The predicted molar refractivity (Wildman–Crippen MR) is 93.8 cm³/mol. The van der Waals surface area contributed by atoms with E-state index in [1.165, 1.54) is 6.07 Å². The Hall–Kier alpha value is -1.52. The molecule has 0 aliphatic carbocycles. The number of rotatable bonds is 4. The van der Waals surface area contributed by atoms with Crippen LogP contribution >= 0.6 is 0 Å². The van der Waals surface area contributed by atoms with Crippen LogP contribution in [0.2, 0.25) is 18.1 Å². The average molecular weight is 334 g/mol. The van der Waals surface area contributed by atoms with Crippen LogP contribution < -0.4 is 0 Å². The van der Waals surface area contributed by atoms with Gasteiger partial charge in [-0.15, -0.1) is 0 Å². The summed E-state index contributed by atoms with van der Waals surface area (Å²) in [5.41, 5.74) is 1.91. The molecule has 0 aromatic heterocycles. The van der Waals surface area contributed by atoms with Gasteiger partial charge in [-0.3, -0.25) is 0 Å². The number of benzene rings is 2. The molecule has 0 aliphatic heterocycles.